The van der Waals surface area contributed by atoms with E-state index in [1.807, 2.05) is 17.5 Å². The molecule has 3 rings (SSSR count). The van der Waals surface area contributed by atoms with Crippen molar-refractivity contribution in [2.75, 3.05) is 13.1 Å². The van der Waals surface area contributed by atoms with E-state index in [0.29, 0.717) is 5.92 Å². The first-order valence-corrected chi connectivity index (χ1v) is 6.90. The van der Waals surface area contributed by atoms with E-state index in [4.69, 9.17) is 0 Å². The SMILES string of the molecule is Cc1ccc(CN2CCC(c3ccn[nH]3)C2)s1. The highest BCUT2D eigenvalue weighted by atomic mass is 32.1. The summed E-state index contributed by atoms with van der Waals surface area (Å²) in [6.07, 6.45) is 3.09. The highest BCUT2D eigenvalue weighted by Gasteiger charge is 2.24. The van der Waals surface area contributed by atoms with E-state index in [1.165, 1.54) is 28.4 Å². The van der Waals surface area contributed by atoms with Gasteiger partial charge in [0.15, 0.2) is 0 Å². The van der Waals surface area contributed by atoms with Gasteiger partial charge in [-0.25, -0.2) is 0 Å². The third-order valence-electron chi connectivity index (χ3n) is 3.41. The summed E-state index contributed by atoms with van der Waals surface area (Å²) in [7, 11) is 0. The van der Waals surface area contributed by atoms with Crippen LogP contribution in [0.5, 0.6) is 0 Å². The van der Waals surface area contributed by atoms with Crippen molar-refractivity contribution in [3.8, 4) is 0 Å². The molecule has 0 aromatic carbocycles. The second-order valence-electron chi connectivity index (χ2n) is 4.75. The molecule has 0 aliphatic carbocycles. The van der Waals surface area contributed by atoms with Crippen LogP contribution < -0.4 is 0 Å². The molecule has 2 aromatic rings. The highest BCUT2D eigenvalue weighted by Crippen LogP contribution is 2.27. The van der Waals surface area contributed by atoms with Crippen molar-refractivity contribution in [1.29, 1.82) is 0 Å². The van der Waals surface area contributed by atoms with Crippen LogP contribution in [-0.2, 0) is 6.54 Å². The lowest BCUT2D eigenvalue weighted by atomic mass is 10.1. The molecule has 17 heavy (non-hydrogen) atoms. The van der Waals surface area contributed by atoms with Gasteiger partial charge in [0.25, 0.3) is 0 Å². The summed E-state index contributed by atoms with van der Waals surface area (Å²) in [6, 6.07) is 6.56. The molecular formula is C13H17N3S. The number of aromatic nitrogens is 2. The van der Waals surface area contributed by atoms with Gasteiger partial charge in [-0.1, -0.05) is 0 Å². The van der Waals surface area contributed by atoms with Gasteiger partial charge in [0, 0.05) is 40.7 Å². The highest BCUT2D eigenvalue weighted by molar-refractivity contribution is 7.11. The van der Waals surface area contributed by atoms with E-state index in [9.17, 15) is 0 Å². The summed E-state index contributed by atoms with van der Waals surface area (Å²) in [4.78, 5) is 5.42. The van der Waals surface area contributed by atoms with Crippen LogP contribution in [0.25, 0.3) is 0 Å². The minimum absolute atomic E-state index is 0.638. The number of thiophene rings is 1. The Morgan fingerprint density at radius 1 is 1.47 bits per heavy atom. The van der Waals surface area contributed by atoms with E-state index in [2.05, 4.69) is 40.2 Å². The van der Waals surface area contributed by atoms with Crippen molar-refractivity contribution >= 4 is 11.3 Å². The minimum atomic E-state index is 0.638. The number of rotatable bonds is 3. The Bertz CT molecular complexity index is 475. The summed E-state index contributed by atoms with van der Waals surface area (Å²) < 4.78 is 0. The molecule has 1 saturated heterocycles. The van der Waals surface area contributed by atoms with E-state index >= 15 is 0 Å². The van der Waals surface area contributed by atoms with Crippen LogP contribution in [0.15, 0.2) is 24.4 Å². The molecule has 0 amide bonds. The van der Waals surface area contributed by atoms with Gasteiger partial charge in [-0.2, -0.15) is 5.10 Å². The maximum Gasteiger partial charge on any atom is 0.0490 e. The summed E-state index contributed by atoms with van der Waals surface area (Å²) >= 11 is 1.91. The Morgan fingerprint density at radius 2 is 2.41 bits per heavy atom. The largest absolute Gasteiger partial charge is 0.298 e. The molecule has 0 radical (unpaired) electrons. The number of nitrogens with zero attached hydrogens (tertiary/aromatic N) is 2. The smallest absolute Gasteiger partial charge is 0.0490 e. The fraction of sp³-hybridized carbons (Fsp3) is 0.462. The molecule has 2 aromatic heterocycles. The Hall–Kier alpha value is -1.13. The number of aryl methyl sites for hydroxylation is 1. The quantitative estimate of drug-likeness (QED) is 0.904. The van der Waals surface area contributed by atoms with Gasteiger partial charge >= 0.3 is 0 Å². The van der Waals surface area contributed by atoms with Crippen molar-refractivity contribution in [2.45, 2.75) is 25.8 Å². The van der Waals surface area contributed by atoms with Gasteiger partial charge in [0.05, 0.1) is 0 Å². The Labute approximate surface area is 105 Å². The normalized spacial score (nSPS) is 21.1. The van der Waals surface area contributed by atoms with Gasteiger partial charge in [0.2, 0.25) is 0 Å². The topological polar surface area (TPSA) is 31.9 Å². The number of hydrogen-bond acceptors (Lipinski definition) is 3. The lowest BCUT2D eigenvalue weighted by Crippen LogP contribution is -2.19. The monoisotopic (exact) mass is 247 g/mol. The molecular weight excluding hydrogens is 230 g/mol. The molecule has 1 fully saturated rings. The van der Waals surface area contributed by atoms with Crippen molar-refractivity contribution in [3.63, 3.8) is 0 Å². The fourth-order valence-electron chi connectivity index (χ4n) is 2.51. The first-order chi connectivity index (χ1) is 8.31. The lowest BCUT2D eigenvalue weighted by molar-refractivity contribution is 0.329. The molecule has 1 N–H and O–H groups in total. The molecule has 4 heteroatoms. The van der Waals surface area contributed by atoms with E-state index in [1.54, 1.807) is 0 Å². The summed E-state index contributed by atoms with van der Waals surface area (Å²) in [5.41, 5.74) is 1.29. The van der Waals surface area contributed by atoms with Crippen LogP contribution >= 0.6 is 11.3 Å². The average molecular weight is 247 g/mol. The average Bonchev–Trinajstić information content (AvgIpc) is 3.00. The molecule has 1 aliphatic heterocycles. The summed E-state index contributed by atoms with van der Waals surface area (Å²) in [5, 5.41) is 7.13. The number of aromatic amines is 1. The Morgan fingerprint density at radius 3 is 3.12 bits per heavy atom. The molecule has 0 spiro atoms. The van der Waals surface area contributed by atoms with Crippen LogP contribution in [-0.4, -0.2) is 28.2 Å². The van der Waals surface area contributed by atoms with Gasteiger partial charge in [-0.15, -0.1) is 11.3 Å². The molecule has 1 aliphatic rings. The van der Waals surface area contributed by atoms with Crippen LogP contribution in [0, 0.1) is 6.92 Å². The first-order valence-electron chi connectivity index (χ1n) is 6.08. The molecule has 0 saturated carbocycles. The second-order valence-corrected chi connectivity index (χ2v) is 6.12. The zero-order valence-corrected chi connectivity index (χ0v) is 10.8. The predicted octanol–water partition coefficient (Wildman–Crippen LogP) is 2.77. The van der Waals surface area contributed by atoms with E-state index in [0.717, 1.165) is 13.1 Å². The molecule has 90 valence electrons. The standard InChI is InChI=1S/C13H17N3S/c1-10-2-3-12(17-10)9-16-7-5-11(8-16)13-4-6-14-15-13/h2-4,6,11H,5,7-9H2,1H3,(H,14,15). The zero-order chi connectivity index (χ0) is 11.7. The number of likely N-dealkylation sites (tertiary alicyclic amines) is 1. The van der Waals surface area contributed by atoms with Crippen LogP contribution in [0.3, 0.4) is 0 Å². The van der Waals surface area contributed by atoms with Crippen LogP contribution in [0.2, 0.25) is 0 Å². The van der Waals surface area contributed by atoms with E-state index < -0.39 is 0 Å². The molecule has 3 nitrogen and oxygen atoms in total. The lowest BCUT2D eigenvalue weighted by Gasteiger charge is -2.14. The Balaban J connectivity index is 1.61. The van der Waals surface area contributed by atoms with Gasteiger partial charge in [-0.3, -0.25) is 10.00 Å². The number of nitrogens with one attached hydrogen (secondary N) is 1. The maximum atomic E-state index is 4.04. The van der Waals surface area contributed by atoms with Crippen molar-refractivity contribution in [3.05, 3.63) is 39.8 Å². The molecule has 0 bridgehead atoms. The van der Waals surface area contributed by atoms with Gasteiger partial charge in [-0.05, 0) is 38.1 Å². The van der Waals surface area contributed by atoms with Gasteiger partial charge in [0.1, 0.15) is 0 Å². The summed E-state index contributed by atoms with van der Waals surface area (Å²) in [6.45, 7) is 5.62. The maximum absolute atomic E-state index is 4.04. The van der Waals surface area contributed by atoms with Crippen LogP contribution in [0.4, 0.5) is 0 Å². The second kappa shape index (κ2) is 4.63. The molecule has 3 heterocycles. The van der Waals surface area contributed by atoms with Crippen molar-refractivity contribution in [2.24, 2.45) is 0 Å². The van der Waals surface area contributed by atoms with E-state index in [-0.39, 0.29) is 0 Å². The van der Waals surface area contributed by atoms with Crippen LogP contribution in [0.1, 0.15) is 27.8 Å². The zero-order valence-electron chi connectivity index (χ0n) is 10.0. The fourth-order valence-corrected chi connectivity index (χ4v) is 3.45. The van der Waals surface area contributed by atoms with Crippen molar-refractivity contribution < 1.29 is 0 Å². The third kappa shape index (κ3) is 2.42. The third-order valence-corrected chi connectivity index (χ3v) is 4.40. The predicted molar refractivity (Wildman–Crippen MR) is 70.3 cm³/mol. The Kier molecular flexibility index (Phi) is 2.99. The number of H-pyrrole nitrogens is 1. The van der Waals surface area contributed by atoms with Gasteiger partial charge < -0.3 is 0 Å². The molecule has 1 unspecified atom stereocenters. The summed E-state index contributed by atoms with van der Waals surface area (Å²) in [5.74, 6) is 0.638. The minimum Gasteiger partial charge on any atom is -0.298 e. The molecule has 1 atom stereocenters. The first kappa shape index (κ1) is 11.0. The number of hydrogen-bond donors (Lipinski definition) is 1. The van der Waals surface area contributed by atoms with Crippen molar-refractivity contribution in [1.82, 2.24) is 15.1 Å².